The molecule has 20 heavy (non-hydrogen) atoms. The summed E-state index contributed by atoms with van der Waals surface area (Å²) in [5.74, 6) is -0.498. The van der Waals surface area contributed by atoms with E-state index in [2.05, 4.69) is 5.32 Å². The lowest BCUT2D eigenvalue weighted by atomic mass is 9.99. The van der Waals surface area contributed by atoms with E-state index in [0.29, 0.717) is 0 Å². The van der Waals surface area contributed by atoms with E-state index < -0.39 is 18.5 Å². The van der Waals surface area contributed by atoms with E-state index in [-0.39, 0.29) is 6.04 Å². The summed E-state index contributed by atoms with van der Waals surface area (Å²) >= 11 is 0. The molecule has 0 aromatic heterocycles. The second-order valence-corrected chi connectivity index (χ2v) is 4.48. The van der Waals surface area contributed by atoms with Crippen molar-refractivity contribution < 1.29 is 15.0 Å². The fourth-order valence-corrected chi connectivity index (χ4v) is 1.89. The summed E-state index contributed by atoms with van der Waals surface area (Å²) in [6.07, 6.45) is 7.46. The first-order valence-corrected chi connectivity index (χ1v) is 6.41. The first-order chi connectivity index (χ1) is 9.70. The highest BCUT2D eigenvalue weighted by atomic mass is 16.3. The van der Waals surface area contributed by atoms with Crippen LogP contribution in [0, 0.1) is 0 Å². The number of nitrogens with one attached hydrogen (secondary N) is 1. The van der Waals surface area contributed by atoms with Crippen molar-refractivity contribution in [1.82, 2.24) is 0 Å². The van der Waals surface area contributed by atoms with Crippen LogP contribution in [-0.2, 0) is 4.79 Å². The largest absolute Gasteiger partial charge is 0.393 e. The molecule has 2 unspecified atom stereocenters. The Morgan fingerprint density at radius 3 is 2.75 bits per heavy atom. The van der Waals surface area contributed by atoms with Crippen LogP contribution in [0.5, 0.6) is 0 Å². The topological polar surface area (TPSA) is 69.6 Å². The van der Waals surface area contributed by atoms with Gasteiger partial charge in [-0.3, -0.25) is 4.79 Å². The van der Waals surface area contributed by atoms with Crippen molar-refractivity contribution >= 4 is 11.5 Å². The number of allylic oxidation sites excluding steroid dienone is 2. The number of hydrogen-bond acceptors (Lipinski definition) is 4. The van der Waals surface area contributed by atoms with Gasteiger partial charge in [-0.15, -0.1) is 0 Å². The Balaban J connectivity index is 2.14. The zero-order valence-corrected chi connectivity index (χ0v) is 10.9. The Bertz CT molecular complexity index is 546. The highest BCUT2D eigenvalue weighted by Gasteiger charge is 2.16. The second kappa shape index (κ2) is 6.84. The Morgan fingerprint density at radius 2 is 2.05 bits per heavy atom. The molecule has 0 saturated carbocycles. The van der Waals surface area contributed by atoms with Gasteiger partial charge in [0.15, 0.2) is 5.78 Å². The minimum Gasteiger partial charge on any atom is -0.393 e. The summed E-state index contributed by atoms with van der Waals surface area (Å²) in [7, 11) is 0. The quantitative estimate of drug-likeness (QED) is 0.709. The third-order valence-electron chi connectivity index (χ3n) is 2.97. The lowest BCUT2D eigenvalue weighted by molar-refractivity contribution is -0.124. The molecule has 4 nitrogen and oxygen atoms in total. The molecule has 0 radical (unpaired) electrons. The van der Waals surface area contributed by atoms with Gasteiger partial charge in [0, 0.05) is 5.69 Å². The predicted molar refractivity (Wildman–Crippen MR) is 78.3 cm³/mol. The maximum atomic E-state index is 11.7. The molecule has 1 aromatic carbocycles. The number of hydrogen-bond donors (Lipinski definition) is 3. The van der Waals surface area contributed by atoms with Gasteiger partial charge in [0.05, 0.1) is 12.6 Å². The van der Waals surface area contributed by atoms with Gasteiger partial charge in [0.1, 0.15) is 6.10 Å². The number of anilines is 1. The molecule has 104 valence electrons. The summed E-state index contributed by atoms with van der Waals surface area (Å²) in [6.45, 7) is -0.570. The average Bonchev–Trinajstić information content (AvgIpc) is 2.49. The van der Waals surface area contributed by atoms with Crippen molar-refractivity contribution in [3.63, 3.8) is 0 Å². The molecule has 2 atom stereocenters. The number of carbonyl (C=O) groups is 1. The lowest BCUT2D eigenvalue weighted by Gasteiger charge is -2.20. The van der Waals surface area contributed by atoms with Crippen LogP contribution in [0.3, 0.4) is 0 Å². The van der Waals surface area contributed by atoms with E-state index in [1.54, 1.807) is 0 Å². The zero-order valence-electron chi connectivity index (χ0n) is 10.9. The van der Waals surface area contributed by atoms with Crippen molar-refractivity contribution in [2.75, 3.05) is 11.9 Å². The molecule has 1 aliphatic rings. The Kier molecular flexibility index (Phi) is 4.87. The number of aliphatic hydroxyl groups is 2. The molecule has 0 amide bonds. The van der Waals surface area contributed by atoms with Gasteiger partial charge < -0.3 is 15.5 Å². The molecule has 0 aliphatic heterocycles. The van der Waals surface area contributed by atoms with Crippen LogP contribution >= 0.6 is 0 Å². The van der Waals surface area contributed by atoms with Crippen LogP contribution in [0.4, 0.5) is 5.69 Å². The summed E-state index contributed by atoms with van der Waals surface area (Å²) < 4.78 is 0. The van der Waals surface area contributed by atoms with E-state index in [1.165, 1.54) is 6.08 Å². The Hall–Kier alpha value is -2.17. The smallest absolute Gasteiger partial charge is 0.186 e. The fraction of sp³-hybridized carbons (Fsp3) is 0.188. The highest BCUT2D eigenvalue weighted by molar-refractivity contribution is 5.94. The average molecular weight is 271 g/mol. The number of ketones is 1. The molecule has 1 aliphatic carbocycles. The zero-order chi connectivity index (χ0) is 14.4. The number of para-hydroxylation sites is 1. The molecule has 0 heterocycles. The van der Waals surface area contributed by atoms with E-state index in [9.17, 15) is 9.90 Å². The van der Waals surface area contributed by atoms with Gasteiger partial charge in [-0.25, -0.2) is 0 Å². The normalized spacial score (nSPS) is 20.9. The number of benzene rings is 1. The van der Waals surface area contributed by atoms with E-state index in [0.717, 1.165) is 11.3 Å². The third kappa shape index (κ3) is 3.66. The molecule has 0 bridgehead atoms. The van der Waals surface area contributed by atoms with Gasteiger partial charge in [-0.05, 0) is 23.8 Å². The fourth-order valence-electron chi connectivity index (χ4n) is 1.89. The Morgan fingerprint density at radius 1 is 1.30 bits per heavy atom. The second-order valence-electron chi connectivity index (χ2n) is 4.48. The van der Waals surface area contributed by atoms with E-state index in [4.69, 9.17) is 5.11 Å². The van der Waals surface area contributed by atoms with Gasteiger partial charge in [0.25, 0.3) is 0 Å². The van der Waals surface area contributed by atoms with Crippen LogP contribution in [-0.4, -0.2) is 34.7 Å². The monoisotopic (exact) mass is 271 g/mol. The molecular weight excluding hydrogens is 254 g/mol. The van der Waals surface area contributed by atoms with Crippen LogP contribution in [0.2, 0.25) is 0 Å². The SMILES string of the molecule is O=C(C=C1C=CC=CC1Nc1ccccc1)C(O)CO. The molecule has 1 aromatic rings. The van der Waals surface area contributed by atoms with Crippen molar-refractivity contribution in [1.29, 1.82) is 0 Å². The predicted octanol–water partition coefficient (Wildman–Crippen LogP) is 1.44. The molecule has 0 saturated heterocycles. The van der Waals surface area contributed by atoms with Gasteiger partial charge in [-0.2, -0.15) is 0 Å². The number of rotatable bonds is 5. The van der Waals surface area contributed by atoms with Crippen molar-refractivity contribution in [2.45, 2.75) is 12.1 Å². The third-order valence-corrected chi connectivity index (χ3v) is 2.97. The van der Waals surface area contributed by atoms with Gasteiger partial charge in [-0.1, -0.05) is 42.5 Å². The first kappa shape index (κ1) is 14.2. The minimum atomic E-state index is -1.36. The molecule has 3 N–H and O–H groups in total. The Labute approximate surface area is 117 Å². The van der Waals surface area contributed by atoms with Crippen LogP contribution in [0.15, 0.2) is 66.3 Å². The lowest BCUT2D eigenvalue weighted by Crippen LogP contribution is -2.25. The van der Waals surface area contributed by atoms with Crippen molar-refractivity contribution in [2.24, 2.45) is 0 Å². The molecule has 2 rings (SSSR count). The number of aliphatic hydroxyl groups excluding tert-OH is 2. The highest BCUT2D eigenvalue weighted by Crippen LogP contribution is 2.17. The molecular formula is C16H17NO3. The summed E-state index contributed by atoms with van der Waals surface area (Å²) in [5, 5.41) is 21.4. The van der Waals surface area contributed by atoms with Crippen LogP contribution in [0.1, 0.15) is 0 Å². The van der Waals surface area contributed by atoms with Gasteiger partial charge in [0.2, 0.25) is 0 Å². The van der Waals surface area contributed by atoms with E-state index >= 15 is 0 Å². The maximum Gasteiger partial charge on any atom is 0.186 e. The summed E-state index contributed by atoms with van der Waals surface area (Å²) in [6, 6.07) is 9.52. The minimum absolute atomic E-state index is 0.141. The van der Waals surface area contributed by atoms with Crippen molar-refractivity contribution in [3.8, 4) is 0 Å². The summed E-state index contributed by atoms with van der Waals surface area (Å²) in [4.78, 5) is 11.7. The standard InChI is InChI=1S/C16H17NO3/c18-11-16(20)15(19)10-12-6-4-5-9-14(12)17-13-7-2-1-3-8-13/h1-10,14,16-18,20H,11H2. The van der Waals surface area contributed by atoms with Gasteiger partial charge >= 0.3 is 0 Å². The molecule has 4 heteroatoms. The molecule has 0 spiro atoms. The summed E-state index contributed by atoms with van der Waals surface area (Å²) in [5.41, 5.74) is 1.69. The number of carbonyl (C=O) groups excluding carboxylic acids is 1. The van der Waals surface area contributed by atoms with Crippen molar-refractivity contribution in [3.05, 3.63) is 66.3 Å². The molecule has 0 fully saturated rings. The van der Waals surface area contributed by atoms with Crippen LogP contribution in [0.25, 0.3) is 0 Å². The maximum absolute atomic E-state index is 11.7. The van der Waals surface area contributed by atoms with E-state index in [1.807, 2.05) is 54.6 Å². The van der Waals surface area contributed by atoms with Crippen LogP contribution < -0.4 is 5.32 Å². The first-order valence-electron chi connectivity index (χ1n) is 6.41.